The lowest BCUT2D eigenvalue weighted by Crippen LogP contribution is -2.60. The topological polar surface area (TPSA) is 70.1 Å². The number of hydrogen-bond acceptors (Lipinski definition) is 3. The number of amides is 1. The Bertz CT molecular complexity index is 278. The monoisotopic (exact) mass is 209 g/mol. The van der Waals surface area contributed by atoms with E-state index in [0.717, 1.165) is 19.3 Å². The Hall–Kier alpha value is -1.08. The van der Waals surface area contributed by atoms with E-state index >= 15 is 0 Å². The Balaban J connectivity index is 2.59. The van der Waals surface area contributed by atoms with Crippen molar-refractivity contribution in [2.24, 2.45) is 11.7 Å². The molecule has 1 unspecified atom stereocenters. The van der Waals surface area contributed by atoms with Gasteiger partial charge in [0.25, 0.3) is 0 Å². The molecule has 4 heteroatoms. The third-order valence-corrected chi connectivity index (χ3v) is 3.06. The molecule has 1 atom stereocenters. The van der Waals surface area contributed by atoms with Crippen molar-refractivity contribution in [3.05, 3.63) is 0 Å². The van der Waals surface area contributed by atoms with E-state index in [1.807, 2.05) is 13.8 Å². The number of hydrogen-bond donors (Lipinski definition) is 1. The predicted molar refractivity (Wildman–Crippen MR) is 57.8 cm³/mol. The van der Waals surface area contributed by atoms with Gasteiger partial charge in [0.15, 0.2) is 0 Å². The van der Waals surface area contributed by atoms with Crippen molar-refractivity contribution in [3.8, 4) is 6.07 Å². The molecule has 1 fully saturated rings. The Morgan fingerprint density at radius 2 is 2.27 bits per heavy atom. The van der Waals surface area contributed by atoms with Crippen LogP contribution in [0.1, 0.15) is 33.1 Å². The summed E-state index contributed by atoms with van der Waals surface area (Å²) in [5.74, 6) is -0.115. The van der Waals surface area contributed by atoms with E-state index in [2.05, 4.69) is 6.07 Å². The Kier molecular flexibility index (Phi) is 3.70. The van der Waals surface area contributed by atoms with Crippen molar-refractivity contribution in [3.63, 3.8) is 0 Å². The zero-order valence-electron chi connectivity index (χ0n) is 9.49. The highest BCUT2D eigenvalue weighted by Crippen LogP contribution is 2.31. The van der Waals surface area contributed by atoms with Crippen LogP contribution >= 0.6 is 0 Å². The Labute approximate surface area is 91.0 Å². The first-order chi connectivity index (χ1) is 7.03. The lowest BCUT2D eigenvalue weighted by molar-refractivity contribution is -0.140. The van der Waals surface area contributed by atoms with Gasteiger partial charge in [0, 0.05) is 13.1 Å². The van der Waals surface area contributed by atoms with Crippen LogP contribution in [-0.2, 0) is 4.79 Å². The van der Waals surface area contributed by atoms with Crippen LogP contribution in [0, 0.1) is 17.2 Å². The minimum Gasteiger partial charge on any atom is -0.340 e. The van der Waals surface area contributed by atoms with E-state index < -0.39 is 5.54 Å². The predicted octanol–water partition coefficient (Wildman–Crippen LogP) is 0.876. The second-order valence-corrected chi connectivity index (χ2v) is 4.38. The van der Waals surface area contributed by atoms with Gasteiger partial charge in [-0.25, -0.2) is 0 Å². The lowest BCUT2D eigenvalue weighted by Gasteiger charge is -2.40. The average molecular weight is 209 g/mol. The second kappa shape index (κ2) is 4.63. The molecule has 2 N–H and O–H groups in total. The molecule has 0 bridgehead atoms. The minimum absolute atomic E-state index is 0.0124. The van der Waals surface area contributed by atoms with Crippen molar-refractivity contribution >= 4 is 5.91 Å². The van der Waals surface area contributed by atoms with Crippen LogP contribution in [0.25, 0.3) is 0 Å². The molecule has 0 aliphatic heterocycles. The molecule has 0 aromatic carbocycles. The maximum Gasteiger partial charge on any atom is 0.242 e. The largest absolute Gasteiger partial charge is 0.340 e. The zero-order valence-corrected chi connectivity index (χ0v) is 9.49. The van der Waals surface area contributed by atoms with E-state index in [0.29, 0.717) is 13.1 Å². The number of nitrogens with two attached hydrogens (primary N) is 1. The average Bonchev–Trinajstić information content (AvgIpc) is 2.21. The maximum absolute atomic E-state index is 12.0. The first kappa shape index (κ1) is 12.0. The molecular weight excluding hydrogens is 190 g/mol. The van der Waals surface area contributed by atoms with E-state index in [9.17, 15) is 4.79 Å². The number of rotatable bonds is 4. The van der Waals surface area contributed by atoms with Gasteiger partial charge in [-0.2, -0.15) is 5.26 Å². The molecule has 15 heavy (non-hydrogen) atoms. The molecular formula is C11H19N3O. The SMILES string of the molecule is CCN(CC(C)C#N)C(=O)C1(N)CCC1. The molecule has 1 rings (SSSR count). The quantitative estimate of drug-likeness (QED) is 0.747. The molecule has 1 aliphatic rings. The van der Waals surface area contributed by atoms with Crippen molar-refractivity contribution in [1.82, 2.24) is 4.90 Å². The molecule has 0 heterocycles. The summed E-state index contributed by atoms with van der Waals surface area (Å²) in [6, 6.07) is 2.14. The van der Waals surface area contributed by atoms with Gasteiger partial charge in [0.1, 0.15) is 0 Å². The van der Waals surface area contributed by atoms with Gasteiger partial charge in [0.2, 0.25) is 5.91 Å². The van der Waals surface area contributed by atoms with Gasteiger partial charge >= 0.3 is 0 Å². The van der Waals surface area contributed by atoms with E-state index in [1.165, 1.54) is 0 Å². The molecule has 1 saturated carbocycles. The third-order valence-electron chi connectivity index (χ3n) is 3.06. The van der Waals surface area contributed by atoms with Crippen LogP contribution in [-0.4, -0.2) is 29.4 Å². The molecule has 1 amide bonds. The van der Waals surface area contributed by atoms with E-state index in [1.54, 1.807) is 4.90 Å². The molecule has 4 nitrogen and oxygen atoms in total. The smallest absolute Gasteiger partial charge is 0.242 e. The fourth-order valence-corrected chi connectivity index (χ4v) is 1.81. The summed E-state index contributed by atoms with van der Waals surface area (Å²) >= 11 is 0. The third kappa shape index (κ3) is 2.48. The van der Waals surface area contributed by atoms with Gasteiger partial charge in [-0.15, -0.1) is 0 Å². The van der Waals surface area contributed by atoms with Gasteiger partial charge < -0.3 is 10.6 Å². The molecule has 0 spiro atoms. The Morgan fingerprint density at radius 1 is 1.67 bits per heavy atom. The first-order valence-electron chi connectivity index (χ1n) is 5.51. The van der Waals surface area contributed by atoms with Gasteiger partial charge in [0.05, 0.1) is 17.5 Å². The number of likely N-dealkylation sites (N-methyl/N-ethyl adjacent to an activating group) is 1. The van der Waals surface area contributed by atoms with Crippen molar-refractivity contribution in [1.29, 1.82) is 5.26 Å². The molecule has 0 saturated heterocycles. The maximum atomic E-state index is 12.0. The van der Waals surface area contributed by atoms with Crippen molar-refractivity contribution < 1.29 is 4.79 Å². The molecule has 0 aromatic rings. The summed E-state index contributed by atoms with van der Waals surface area (Å²) in [6.45, 7) is 4.86. The Morgan fingerprint density at radius 3 is 2.60 bits per heavy atom. The van der Waals surface area contributed by atoms with Crippen LogP contribution in [0.15, 0.2) is 0 Å². The summed E-state index contributed by atoms with van der Waals surface area (Å²) < 4.78 is 0. The fraction of sp³-hybridized carbons (Fsp3) is 0.818. The van der Waals surface area contributed by atoms with Gasteiger partial charge in [-0.3, -0.25) is 4.79 Å². The molecule has 1 aliphatic carbocycles. The number of nitrogens with zero attached hydrogens (tertiary/aromatic N) is 2. The number of nitriles is 1. The summed E-state index contributed by atoms with van der Waals surface area (Å²) in [5, 5.41) is 8.72. The van der Waals surface area contributed by atoms with E-state index in [4.69, 9.17) is 11.0 Å². The van der Waals surface area contributed by atoms with Crippen molar-refractivity contribution in [2.45, 2.75) is 38.6 Å². The second-order valence-electron chi connectivity index (χ2n) is 4.38. The summed E-state index contributed by atoms with van der Waals surface area (Å²) in [6.07, 6.45) is 2.60. The van der Waals surface area contributed by atoms with E-state index in [-0.39, 0.29) is 11.8 Å². The van der Waals surface area contributed by atoms with Crippen LogP contribution in [0.4, 0.5) is 0 Å². The van der Waals surface area contributed by atoms with Crippen molar-refractivity contribution in [2.75, 3.05) is 13.1 Å². The first-order valence-corrected chi connectivity index (χ1v) is 5.51. The summed E-state index contributed by atoms with van der Waals surface area (Å²) in [4.78, 5) is 13.7. The minimum atomic E-state index is -0.634. The van der Waals surface area contributed by atoms with Crippen LogP contribution in [0.2, 0.25) is 0 Å². The molecule has 84 valence electrons. The fourth-order valence-electron chi connectivity index (χ4n) is 1.81. The highest BCUT2D eigenvalue weighted by atomic mass is 16.2. The number of carbonyl (C=O) groups is 1. The lowest BCUT2D eigenvalue weighted by atomic mass is 9.76. The normalized spacial score (nSPS) is 19.9. The highest BCUT2D eigenvalue weighted by molar-refractivity contribution is 5.87. The van der Waals surface area contributed by atoms with Crippen LogP contribution in [0.3, 0.4) is 0 Å². The van der Waals surface area contributed by atoms with Gasteiger partial charge in [-0.05, 0) is 33.1 Å². The van der Waals surface area contributed by atoms with Crippen LogP contribution in [0.5, 0.6) is 0 Å². The molecule has 0 radical (unpaired) electrons. The standard InChI is InChI=1S/C11H19N3O/c1-3-14(8-9(2)7-12)10(15)11(13)5-4-6-11/h9H,3-6,8,13H2,1-2H3. The summed E-state index contributed by atoms with van der Waals surface area (Å²) in [7, 11) is 0. The zero-order chi connectivity index (χ0) is 11.5. The summed E-state index contributed by atoms with van der Waals surface area (Å²) in [5.41, 5.74) is 5.33. The number of carbonyl (C=O) groups excluding carboxylic acids is 1. The van der Waals surface area contributed by atoms with Crippen LogP contribution < -0.4 is 5.73 Å². The van der Waals surface area contributed by atoms with Gasteiger partial charge in [-0.1, -0.05) is 0 Å². The highest BCUT2D eigenvalue weighted by Gasteiger charge is 2.42. The molecule has 0 aromatic heterocycles.